The molecule has 0 radical (unpaired) electrons. The van der Waals surface area contributed by atoms with Gasteiger partial charge in [0.05, 0.1) is 24.2 Å². The maximum absolute atomic E-state index is 13.2. The van der Waals surface area contributed by atoms with Gasteiger partial charge in [-0.05, 0) is 68.3 Å². The number of carbonyl (C=O) groups is 2. The second kappa shape index (κ2) is 9.60. The zero-order chi connectivity index (χ0) is 23.4. The molecule has 4 rings (SSSR count). The summed E-state index contributed by atoms with van der Waals surface area (Å²) in [5, 5.41) is 5.60. The fourth-order valence-corrected chi connectivity index (χ4v) is 4.59. The Morgan fingerprint density at radius 2 is 1.73 bits per heavy atom. The smallest absolute Gasteiger partial charge is 0.251 e. The summed E-state index contributed by atoms with van der Waals surface area (Å²) in [7, 11) is -3.95. The van der Waals surface area contributed by atoms with Gasteiger partial charge in [0.1, 0.15) is 5.76 Å². The van der Waals surface area contributed by atoms with Crippen LogP contribution in [0.15, 0.2) is 76.2 Å². The Balaban J connectivity index is 1.46. The van der Waals surface area contributed by atoms with Crippen molar-refractivity contribution in [2.75, 3.05) is 11.9 Å². The zero-order valence-electron chi connectivity index (χ0n) is 18.2. The van der Waals surface area contributed by atoms with Crippen LogP contribution in [-0.4, -0.2) is 37.1 Å². The summed E-state index contributed by atoms with van der Waals surface area (Å²) < 4.78 is 32.8. The van der Waals surface area contributed by atoms with E-state index in [1.54, 1.807) is 48.5 Å². The third kappa shape index (κ3) is 5.88. The number of nitrogens with one attached hydrogen (secondary N) is 2. The van der Waals surface area contributed by atoms with Gasteiger partial charge in [0.25, 0.3) is 5.91 Å². The van der Waals surface area contributed by atoms with Gasteiger partial charge in [0, 0.05) is 17.3 Å². The Morgan fingerprint density at radius 1 is 1.03 bits per heavy atom. The predicted molar refractivity (Wildman–Crippen MR) is 123 cm³/mol. The minimum absolute atomic E-state index is 0.0864. The fraction of sp³-hybridized carbons (Fsp3) is 0.250. The van der Waals surface area contributed by atoms with Crippen LogP contribution in [0.1, 0.15) is 34.5 Å². The molecule has 2 amide bonds. The molecular weight excluding hydrogens is 442 g/mol. The van der Waals surface area contributed by atoms with Crippen LogP contribution in [-0.2, 0) is 21.4 Å². The normalized spacial score (nSPS) is 13.6. The summed E-state index contributed by atoms with van der Waals surface area (Å²) in [4.78, 5) is 24.9. The monoisotopic (exact) mass is 467 g/mol. The van der Waals surface area contributed by atoms with Gasteiger partial charge in [0.2, 0.25) is 15.9 Å². The molecule has 0 unspecified atom stereocenters. The lowest BCUT2D eigenvalue weighted by molar-refractivity contribution is -0.116. The van der Waals surface area contributed by atoms with E-state index in [2.05, 4.69) is 10.6 Å². The standard InChI is InChI=1S/C24H25N3O5S/c1-17-4-12-22(13-5-17)33(30,31)27(15-21-3-2-14-32-21)16-23(28)25-19-8-6-18(7-9-19)24(29)26-20-10-11-20/h2-9,12-14,20H,10-11,15-16H2,1H3,(H,25,28)(H,26,29). The van der Waals surface area contributed by atoms with Crippen molar-refractivity contribution in [1.29, 1.82) is 0 Å². The molecule has 3 aromatic rings. The molecule has 0 atom stereocenters. The number of sulfonamides is 1. The lowest BCUT2D eigenvalue weighted by atomic mass is 10.2. The number of carbonyl (C=O) groups excluding carboxylic acids is 2. The van der Waals surface area contributed by atoms with Gasteiger partial charge >= 0.3 is 0 Å². The summed E-state index contributed by atoms with van der Waals surface area (Å²) in [6.07, 6.45) is 3.45. The van der Waals surface area contributed by atoms with E-state index in [-0.39, 0.29) is 23.4 Å². The highest BCUT2D eigenvalue weighted by Gasteiger charge is 2.28. The lowest BCUT2D eigenvalue weighted by Crippen LogP contribution is -2.37. The van der Waals surface area contributed by atoms with E-state index < -0.39 is 22.5 Å². The van der Waals surface area contributed by atoms with E-state index in [0.717, 1.165) is 22.7 Å². The molecule has 0 saturated heterocycles. The number of hydrogen-bond acceptors (Lipinski definition) is 5. The minimum Gasteiger partial charge on any atom is -0.468 e. The largest absolute Gasteiger partial charge is 0.468 e. The van der Waals surface area contributed by atoms with E-state index in [4.69, 9.17) is 4.42 Å². The van der Waals surface area contributed by atoms with Crippen molar-refractivity contribution in [2.24, 2.45) is 0 Å². The van der Waals surface area contributed by atoms with Crippen LogP contribution in [0.4, 0.5) is 5.69 Å². The quantitative estimate of drug-likeness (QED) is 0.502. The number of anilines is 1. The van der Waals surface area contributed by atoms with Gasteiger partial charge in [0.15, 0.2) is 0 Å². The molecule has 1 aromatic heterocycles. The Labute approximate surface area is 192 Å². The van der Waals surface area contributed by atoms with Crippen LogP contribution < -0.4 is 10.6 Å². The molecule has 2 N–H and O–H groups in total. The van der Waals surface area contributed by atoms with Crippen molar-refractivity contribution in [3.63, 3.8) is 0 Å². The van der Waals surface area contributed by atoms with Crippen molar-refractivity contribution < 1.29 is 22.4 Å². The average Bonchev–Trinajstić information content (AvgIpc) is 3.45. The first-order valence-corrected chi connectivity index (χ1v) is 12.1. The molecule has 1 fully saturated rings. The molecule has 1 aliphatic rings. The van der Waals surface area contributed by atoms with Crippen molar-refractivity contribution in [2.45, 2.75) is 37.2 Å². The van der Waals surface area contributed by atoms with Crippen LogP contribution in [0.2, 0.25) is 0 Å². The summed E-state index contributed by atoms with van der Waals surface area (Å²) in [6, 6.07) is 16.5. The molecule has 0 bridgehead atoms. The molecule has 1 heterocycles. The molecule has 33 heavy (non-hydrogen) atoms. The molecule has 1 saturated carbocycles. The lowest BCUT2D eigenvalue weighted by Gasteiger charge is -2.21. The summed E-state index contributed by atoms with van der Waals surface area (Å²) in [5.41, 5.74) is 1.90. The second-order valence-corrected chi connectivity index (χ2v) is 9.98. The topological polar surface area (TPSA) is 109 Å². The van der Waals surface area contributed by atoms with Crippen molar-refractivity contribution in [3.8, 4) is 0 Å². The third-order valence-electron chi connectivity index (χ3n) is 5.23. The predicted octanol–water partition coefficient (Wildman–Crippen LogP) is 3.31. The van der Waals surface area contributed by atoms with Crippen molar-refractivity contribution in [3.05, 3.63) is 83.8 Å². The molecule has 0 spiro atoms. The van der Waals surface area contributed by atoms with Crippen LogP contribution in [0.3, 0.4) is 0 Å². The molecule has 9 heteroatoms. The maximum atomic E-state index is 13.2. The Kier molecular flexibility index (Phi) is 6.62. The van der Waals surface area contributed by atoms with Crippen molar-refractivity contribution >= 4 is 27.5 Å². The van der Waals surface area contributed by atoms with Crippen LogP contribution >= 0.6 is 0 Å². The highest BCUT2D eigenvalue weighted by Crippen LogP contribution is 2.21. The van der Waals surface area contributed by atoms with Gasteiger partial charge in [-0.3, -0.25) is 9.59 Å². The summed E-state index contributed by atoms with van der Waals surface area (Å²) in [6.45, 7) is 1.38. The maximum Gasteiger partial charge on any atom is 0.251 e. The number of amides is 2. The van der Waals surface area contributed by atoms with E-state index in [9.17, 15) is 18.0 Å². The SMILES string of the molecule is Cc1ccc(S(=O)(=O)N(CC(=O)Nc2ccc(C(=O)NC3CC3)cc2)Cc2ccco2)cc1. The van der Waals surface area contributed by atoms with Gasteiger partial charge < -0.3 is 15.1 Å². The van der Waals surface area contributed by atoms with Crippen LogP contribution in [0.5, 0.6) is 0 Å². The number of aryl methyl sites for hydroxylation is 1. The Hall–Kier alpha value is -3.43. The number of rotatable bonds is 9. The molecular formula is C24H25N3O5S. The highest BCUT2D eigenvalue weighted by atomic mass is 32.2. The Bertz CT molecular complexity index is 1220. The average molecular weight is 468 g/mol. The molecule has 2 aromatic carbocycles. The van der Waals surface area contributed by atoms with Crippen LogP contribution in [0.25, 0.3) is 0 Å². The molecule has 0 aliphatic heterocycles. The van der Waals surface area contributed by atoms with Crippen molar-refractivity contribution in [1.82, 2.24) is 9.62 Å². The molecule has 1 aliphatic carbocycles. The Morgan fingerprint density at radius 3 is 2.33 bits per heavy atom. The second-order valence-electron chi connectivity index (χ2n) is 8.04. The van der Waals surface area contributed by atoms with E-state index in [1.807, 2.05) is 6.92 Å². The number of furan rings is 1. The van der Waals surface area contributed by atoms with Gasteiger partial charge in [-0.1, -0.05) is 17.7 Å². The third-order valence-corrected chi connectivity index (χ3v) is 7.04. The number of nitrogens with zero attached hydrogens (tertiary/aromatic N) is 1. The fourth-order valence-electron chi connectivity index (χ4n) is 3.22. The first-order valence-electron chi connectivity index (χ1n) is 10.6. The number of benzene rings is 2. The van der Waals surface area contributed by atoms with Crippen LogP contribution in [0, 0.1) is 6.92 Å². The summed E-state index contributed by atoms with van der Waals surface area (Å²) >= 11 is 0. The van der Waals surface area contributed by atoms with E-state index in [0.29, 0.717) is 17.0 Å². The van der Waals surface area contributed by atoms with E-state index >= 15 is 0 Å². The minimum atomic E-state index is -3.95. The first-order chi connectivity index (χ1) is 15.8. The molecule has 8 nitrogen and oxygen atoms in total. The number of hydrogen-bond donors (Lipinski definition) is 2. The first kappa shape index (κ1) is 22.8. The summed E-state index contributed by atoms with van der Waals surface area (Å²) in [5.74, 6) is -0.235. The van der Waals surface area contributed by atoms with Gasteiger partial charge in [-0.25, -0.2) is 8.42 Å². The van der Waals surface area contributed by atoms with Gasteiger partial charge in [-0.15, -0.1) is 0 Å². The highest BCUT2D eigenvalue weighted by molar-refractivity contribution is 7.89. The van der Waals surface area contributed by atoms with Gasteiger partial charge in [-0.2, -0.15) is 4.31 Å². The van der Waals surface area contributed by atoms with E-state index in [1.165, 1.54) is 18.4 Å². The molecule has 172 valence electrons. The zero-order valence-corrected chi connectivity index (χ0v) is 19.0.